The third-order valence-corrected chi connectivity index (χ3v) is 8.85. The highest BCUT2D eigenvalue weighted by Crippen LogP contribution is 2.49. The summed E-state index contributed by atoms with van der Waals surface area (Å²) in [5.74, 6) is -3.26. The number of benzene rings is 1. The molecule has 0 aliphatic carbocycles. The van der Waals surface area contributed by atoms with Gasteiger partial charge in [0.2, 0.25) is 5.88 Å². The number of nitrogens with two attached hydrogens (primary N) is 1. The number of hydrogen-bond acceptors (Lipinski definition) is 9. The number of piperazine rings is 1. The van der Waals surface area contributed by atoms with Crippen LogP contribution in [0.1, 0.15) is 37.4 Å². The Kier molecular flexibility index (Phi) is 7.24. The molecule has 0 amide bonds. The first-order valence-electron chi connectivity index (χ1n) is 14.3. The predicted molar refractivity (Wildman–Crippen MR) is 153 cm³/mol. The number of anilines is 2. The molecule has 0 unspecified atom stereocenters. The smallest absolute Gasteiger partial charge is 0.472 e. The van der Waals surface area contributed by atoms with Crippen LogP contribution in [-0.2, 0) is 6.42 Å². The quantitative estimate of drug-likeness (QED) is 0.296. The van der Waals surface area contributed by atoms with Crippen molar-refractivity contribution in [2.45, 2.75) is 69.6 Å². The van der Waals surface area contributed by atoms with Gasteiger partial charge in [-0.15, -0.1) is 13.2 Å². The molecule has 2 saturated heterocycles. The van der Waals surface area contributed by atoms with Crippen molar-refractivity contribution in [2.24, 2.45) is 0 Å². The van der Waals surface area contributed by atoms with Gasteiger partial charge in [-0.05, 0) is 52.4 Å². The summed E-state index contributed by atoms with van der Waals surface area (Å²) in [6, 6.07) is 3.62. The Labute approximate surface area is 250 Å². The fourth-order valence-corrected chi connectivity index (χ4v) is 6.96. The molecular formula is C30H32F5N7O2. The molecule has 0 radical (unpaired) electrons. The van der Waals surface area contributed by atoms with E-state index in [2.05, 4.69) is 26.0 Å². The molecule has 3 aromatic rings. The number of nitrogens with one attached hydrogen (secondary N) is 1. The van der Waals surface area contributed by atoms with Crippen LogP contribution in [0.25, 0.3) is 22.0 Å². The Hall–Kier alpha value is -3.96. The highest BCUT2D eigenvalue weighted by Gasteiger charge is 2.53. The molecule has 0 spiro atoms. The van der Waals surface area contributed by atoms with E-state index in [4.69, 9.17) is 15.5 Å². The maximum atomic E-state index is 16.9. The van der Waals surface area contributed by atoms with Crippen molar-refractivity contribution in [3.05, 3.63) is 35.0 Å². The second-order valence-corrected chi connectivity index (χ2v) is 12.2. The number of rotatable bonds is 6. The number of pyridine rings is 2. The minimum atomic E-state index is -5.27. The Morgan fingerprint density at radius 3 is 2.68 bits per heavy atom. The SMILES string of the molecule is Cc1c(CCN(C)C)nc2c3c(nc(-c4cc(N)cc(F)c4OC(F)(F)F)c(F)c13)O[C@@H](C)[C@@H]1[C@@H]3CC[C@](CC#N)(CN21)N3. The van der Waals surface area contributed by atoms with Gasteiger partial charge in [-0.1, -0.05) is 0 Å². The van der Waals surface area contributed by atoms with Crippen molar-refractivity contribution in [1.29, 1.82) is 5.26 Å². The molecule has 14 heteroatoms. The molecule has 3 aliphatic heterocycles. The number of likely N-dealkylation sites (N-methyl/N-ethyl adjacent to an activating group) is 1. The molecule has 44 heavy (non-hydrogen) atoms. The zero-order chi connectivity index (χ0) is 31.7. The Morgan fingerprint density at radius 2 is 2.00 bits per heavy atom. The minimum absolute atomic E-state index is 0.0472. The van der Waals surface area contributed by atoms with Gasteiger partial charge >= 0.3 is 6.36 Å². The van der Waals surface area contributed by atoms with E-state index in [1.807, 2.05) is 25.9 Å². The van der Waals surface area contributed by atoms with Crippen LogP contribution in [0, 0.1) is 29.9 Å². The largest absolute Gasteiger partial charge is 0.573 e. The lowest BCUT2D eigenvalue weighted by Gasteiger charge is -2.47. The van der Waals surface area contributed by atoms with Gasteiger partial charge in [0.25, 0.3) is 0 Å². The molecule has 4 atom stereocenters. The minimum Gasteiger partial charge on any atom is -0.472 e. The lowest BCUT2D eigenvalue weighted by molar-refractivity contribution is -0.275. The summed E-state index contributed by atoms with van der Waals surface area (Å²) in [4.78, 5) is 13.5. The number of hydrogen-bond donors (Lipinski definition) is 2. The van der Waals surface area contributed by atoms with E-state index in [1.54, 1.807) is 6.92 Å². The van der Waals surface area contributed by atoms with Crippen molar-refractivity contribution in [1.82, 2.24) is 20.2 Å². The third-order valence-electron chi connectivity index (χ3n) is 8.85. The molecule has 3 aliphatic rings. The summed E-state index contributed by atoms with van der Waals surface area (Å²) < 4.78 is 82.3. The third kappa shape index (κ3) is 5.01. The van der Waals surface area contributed by atoms with Crippen LogP contribution in [0.4, 0.5) is 33.5 Å². The molecule has 3 N–H and O–H groups in total. The molecule has 0 saturated carbocycles. The highest BCUT2D eigenvalue weighted by atomic mass is 19.4. The van der Waals surface area contributed by atoms with Gasteiger partial charge in [0.1, 0.15) is 17.6 Å². The van der Waals surface area contributed by atoms with Crippen LogP contribution in [0.2, 0.25) is 0 Å². The van der Waals surface area contributed by atoms with Gasteiger partial charge in [0.05, 0.1) is 29.5 Å². The maximum absolute atomic E-state index is 16.9. The summed E-state index contributed by atoms with van der Waals surface area (Å²) >= 11 is 0. The number of aryl methyl sites for hydroxylation is 1. The molecular weight excluding hydrogens is 585 g/mol. The first kappa shape index (κ1) is 30.1. The van der Waals surface area contributed by atoms with Crippen LogP contribution < -0.4 is 25.4 Å². The maximum Gasteiger partial charge on any atom is 0.573 e. The second-order valence-electron chi connectivity index (χ2n) is 12.2. The van der Waals surface area contributed by atoms with Crippen molar-refractivity contribution in [3.63, 3.8) is 0 Å². The fourth-order valence-electron chi connectivity index (χ4n) is 6.96. The molecule has 1 aromatic carbocycles. The number of nitriles is 1. The predicted octanol–water partition coefficient (Wildman–Crippen LogP) is 4.84. The standard InChI is InChI=1S/C30H32F5N7O2/c1-14-19(6-10-41(3)4)38-27-22-21(14)23(32)24(17-11-16(37)12-18(31)26(17)44-30(33,34)35)39-28(22)43-15(2)25-20-5-7-29(40-20,8-9-36)13-42(25)27/h11-12,15,20,25,40H,5-8,10,13,37H2,1-4H3/t15-,20-,25+,29-/m0/s1. The van der Waals surface area contributed by atoms with Gasteiger partial charge in [-0.2, -0.15) is 5.26 Å². The van der Waals surface area contributed by atoms with E-state index in [9.17, 15) is 22.8 Å². The summed E-state index contributed by atoms with van der Waals surface area (Å²) in [6.45, 7) is 4.54. The molecule has 5 heterocycles. The van der Waals surface area contributed by atoms with Crippen LogP contribution >= 0.6 is 0 Å². The number of aromatic nitrogens is 2. The second kappa shape index (κ2) is 10.6. The Bertz CT molecular complexity index is 1690. The van der Waals surface area contributed by atoms with Crippen LogP contribution in [0.5, 0.6) is 11.6 Å². The molecule has 9 nitrogen and oxygen atoms in total. The number of alkyl halides is 3. The monoisotopic (exact) mass is 617 g/mol. The van der Waals surface area contributed by atoms with Crippen LogP contribution in [0.3, 0.4) is 0 Å². The first-order valence-corrected chi connectivity index (χ1v) is 14.3. The van der Waals surface area contributed by atoms with E-state index in [0.29, 0.717) is 42.7 Å². The molecule has 6 rings (SSSR count). The first-order chi connectivity index (χ1) is 20.7. The van der Waals surface area contributed by atoms with E-state index in [-0.39, 0.29) is 40.8 Å². The number of fused-ring (bicyclic) bond motifs is 5. The van der Waals surface area contributed by atoms with Crippen molar-refractivity contribution in [3.8, 4) is 29.0 Å². The Balaban J connectivity index is 1.65. The lowest BCUT2D eigenvalue weighted by Crippen LogP contribution is -2.67. The summed E-state index contributed by atoms with van der Waals surface area (Å²) in [5.41, 5.74) is 4.92. The average Bonchev–Trinajstić information content (AvgIpc) is 3.20. The normalized spacial score (nSPS) is 24.2. The van der Waals surface area contributed by atoms with Crippen molar-refractivity contribution < 1.29 is 31.4 Å². The number of halogens is 5. The molecule has 234 valence electrons. The van der Waals surface area contributed by atoms with E-state index < -0.39 is 46.6 Å². The van der Waals surface area contributed by atoms with Gasteiger partial charge in [-0.3, -0.25) is 0 Å². The van der Waals surface area contributed by atoms with E-state index in [1.165, 1.54) is 0 Å². The van der Waals surface area contributed by atoms with Crippen molar-refractivity contribution >= 4 is 22.3 Å². The van der Waals surface area contributed by atoms with Crippen LogP contribution in [0.15, 0.2) is 12.1 Å². The lowest BCUT2D eigenvalue weighted by atomic mass is 9.91. The summed E-state index contributed by atoms with van der Waals surface area (Å²) in [5, 5.41) is 13.6. The summed E-state index contributed by atoms with van der Waals surface area (Å²) in [7, 11) is 3.79. The molecule has 2 aromatic heterocycles. The van der Waals surface area contributed by atoms with Crippen LogP contribution in [-0.4, -0.2) is 72.1 Å². The van der Waals surface area contributed by atoms with Gasteiger partial charge < -0.3 is 30.3 Å². The van der Waals surface area contributed by atoms with Gasteiger partial charge in [-0.25, -0.2) is 18.7 Å². The zero-order valence-corrected chi connectivity index (χ0v) is 24.6. The van der Waals surface area contributed by atoms with Gasteiger partial charge in [0.15, 0.2) is 17.4 Å². The summed E-state index contributed by atoms with van der Waals surface area (Å²) in [6.07, 6.45) is -3.52. The number of nitrogen functional groups attached to an aromatic ring is 1. The number of nitrogens with zero attached hydrogens (tertiary/aromatic N) is 5. The zero-order valence-electron chi connectivity index (χ0n) is 24.6. The molecule has 2 bridgehead atoms. The number of ether oxygens (including phenoxy) is 2. The van der Waals surface area contributed by atoms with E-state index in [0.717, 1.165) is 18.9 Å². The topological polar surface area (TPSA) is 113 Å². The Morgan fingerprint density at radius 1 is 1.25 bits per heavy atom. The van der Waals surface area contributed by atoms with E-state index >= 15 is 4.39 Å². The van der Waals surface area contributed by atoms with Gasteiger partial charge in [0, 0.05) is 53.9 Å². The average molecular weight is 618 g/mol. The van der Waals surface area contributed by atoms with Crippen molar-refractivity contribution in [2.75, 3.05) is 37.8 Å². The molecule has 2 fully saturated rings. The fraction of sp³-hybridized carbons (Fsp3) is 0.500. The highest BCUT2D eigenvalue weighted by molar-refractivity contribution is 6.02.